The summed E-state index contributed by atoms with van der Waals surface area (Å²) in [6, 6.07) is 5.82. The van der Waals surface area contributed by atoms with E-state index in [1.807, 2.05) is 25.1 Å². The average Bonchev–Trinajstić information content (AvgIpc) is 2.96. The Kier molecular flexibility index (Phi) is 4.15. The zero-order chi connectivity index (χ0) is 17.4. The van der Waals surface area contributed by atoms with Crippen LogP contribution in [0.25, 0.3) is 11.5 Å². The summed E-state index contributed by atoms with van der Waals surface area (Å²) in [5.74, 6) is 0.253. The molecule has 0 amide bonds. The van der Waals surface area contributed by atoms with E-state index in [2.05, 4.69) is 31.4 Å². The molecule has 0 unspecified atom stereocenters. The minimum absolute atomic E-state index is 0.0257. The fourth-order valence-corrected chi connectivity index (χ4v) is 2.93. The molecule has 2 aromatic heterocycles. The number of anilines is 3. The Morgan fingerprint density at radius 2 is 2.04 bits per heavy atom. The number of nitrogens with zero attached hydrogens (tertiary/aromatic N) is 3. The van der Waals surface area contributed by atoms with E-state index in [4.69, 9.17) is 10.2 Å². The molecule has 0 aliphatic carbocycles. The topological polar surface area (TPSA) is 99.0 Å². The molecule has 3 rings (SSSR count). The van der Waals surface area contributed by atoms with Gasteiger partial charge >= 0.3 is 6.01 Å². The van der Waals surface area contributed by atoms with Gasteiger partial charge in [-0.1, -0.05) is 21.0 Å². The zero-order valence-corrected chi connectivity index (χ0v) is 15.0. The molecule has 3 N–H and O–H groups in total. The third-order valence-electron chi connectivity index (χ3n) is 3.73. The van der Waals surface area contributed by atoms with Crippen molar-refractivity contribution >= 4 is 33.3 Å². The number of benzene rings is 1. The minimum atomic E-state index is -0.108. The monoisotopic (exact) mass is 389 g/mol. The summed E-state index contributed by atoms with van der Waals surface area (Å²) in [6.07, 6.45) is 1.65. The molecular formula is C16H16BrN5O2. The summed E-state index contributed by atoms with van der Waals surface area (Å²) in [5, 5.41) is 10.9. The van der Waals surface area contributed by atoms with Gasteiger partial charge in [-0.15, -0.1) is 5.10 Å². The van der Waals surface area contributed by atoms with Crippen molar-refractivity contribution in [2.24, 2.45) is 7.05 Å². The molecule has 0 bridgehead atoms. The molecule has 3 aromatic rings. The lowest BCUT2D eigenvalue weighted by Gasteiger charge is -2.16. The number of aryl methyl sites for hydroxylation is 2. The normalized spacial score (nSPS) is 10.8. The summed E-state index contributed by atoms with van der Waals surface area (Å²) in [7, 11) is 1.67. The lowest BCUT2D eigenvalue weighted by Crippen LogP contribution is -2.21. The van der Waals surface area contributed by atoms with Crippen LogP contribution in [0.3, 0.4) is 0 Å². The summed E-state index contributed by atoms with van der Waals surface area (Å²) in [5.41, 5.74) is 9.11. The van der Waals surface area contributed by atoms with E-state index in [1.54, 1.807) is 20.2 Å². The van der Waals surface area contributed by atoms with Gasteiger partial charge in [0.15, 0.2) is 0 Å². The van der Waals surface area contributed by atoms with Crippen molar-refractivity contribution in [3.8, 4) is 11.5 Å². The SMILES string of the molecule is Cc1cc(Br)ccc1Nc1c(-c2nnc(N)o2)cn(C)c(=O)c1C. The molecule has 24 heavy (non-hydrogen) atoms. The van der Waals surface area contributed by atoms with E-state index < -0.39 is 0 Å². The van der Waals surface area contributed by atoms with Crippen LogP contribution < -0.4 is 16.6 Å². The molecule has 0 atom stereocenters. The van der Waals surface area contributed by atoms with Crippen LogP contribution in [0.1, 0.15) is 11.1 Å². The van der Waals surface area contributed by atoms with Gasteiger partial charge in [-0.2, -0.15) is 0 Å². The highest BCUT2D eigenvalue weighted by atomic mass is 79.9. The predicted molar refractivity (Wildman–Crippen MR) is 96.3 cm³/mol. The van der Waals surface area contributed by atoms with E-state index in [0.29, 0.717) is 16.8 Å². The largest absolute Gasteiger partial charge is 0.403 e. The third kappa shape index (κ3) is 2.92. The number of nitrogen functional groups attached to an aromatic ring is 1. The van der Waals surface area contributed by atoms with Crippen molar-refractivity contribution in [3.05, 3.63) is 50.3 Å². The van der Waals surface area contributed by atoms with E-state index in [1.165, 1.54) is 4.57 Å². The van der Waals surface area contributed by atoms with Crippen molar-refractivity contribution in [2.75, 3.05) is 11.1 Å². The summed E-state index contributed by atoms with van der Waals surface area (Å²) < 4.78 is 7.80. The second kappa shape index (κ2) is 6.12. The maximum Gasteiger partial charge on any atom is 0.313 e. The number of hydrogen-bond acceptors (Lipinski definition) is 6. The van der Waals surface area contributed by atoms with Gasteiger partial charge in [-0.05, 0) is 37.6 Å². The van der Waals surface area contributed by atoms with E-state index in [-0.39, 0.29) is 17.5 Å². The summed E-state index contributed by atoms with van der Waals surface area (Å²) in [4.78, 5) is 12.3. The number of pyridine rings is 1. The van der Waals surface area contributed by atoms with Gasteiger partial charge in [0.05, 0.1) is 11.3 Å². The number of rotatable bonds is 3. The molecular weight excluding hydrogens is 374 g/mol. The van der Waals surface area contributed by atoms with Crippen molar-refractivity contribution in [2.45, 2.75) is 13.8 Å². The van der Waals surface area contributed by atoms with Crippen molar-refractivity contribution < 1.29 is 4.42 Å². The minimum Gasteiger partial charge on any atom is -0.403 e. The first kappa shape index (κ1) is 16.3. The van der Waals surface area contributed by atoms with Gasteiger partial charge in [-0.3, -0.25) is 4.79 Å². The standard InChI is InChI=1S/C16H16BrN5O2/c1-8-6-10(17)4-5-12(8)19-13-9(2)15(23)22(3)7-11(13)14-20-21-16(18)24-14/h4-7,19H,1-3H3,(H2,18,21). The van der Waals surface area contributed by atoms with E-state index in [0.717, 1.165) is 15.7 Å². The fourth-order valence-electron chi connectivity index (χ4n) is 2.46. The molecule has 2 heterocycles. The van der Waals surface area contributed by atoms with Crippen molar-refractivity contribution in [1.29, 1.82) is 0 Å². The van der Waals surface area contributed by atoms with E-state index >= 15 is 0 Å². The summed E-state index contributed by atoms with van der Waals surface area (Å²) >= 11 is 3.44. The first-order chi connectivity index (χ1) is 11.4. The molecule has 0 saturated carbocycles. The van der Waals surface area contributed by atoms with Gasteiger partial charge in [0.1, 0.15) is 0 Å². The Morgan fingerprint density at radius 1 is 1.29 bits per heavy atom. The van der Waals surface area contributed by atoms with Gasteiger partial charge in [-0.25, -0.2) is 0 Å². The number of hydrogen-bond donors (Lipinski definition) is 2. The van der Waals surface area contributed by atoms with Crippen molar-refractivity contribution in [1.82, 2.24) is 14.8 Å². The average molecular weight is 390 g/mol. The second-order valence-electron chi connectivity index (χ2n) is 5.49. The molecule has 124 valence electrons. The molecule has 0 aliphatic heterocycles. The number of nitrogens with one attached hydrogen (secondary N) is 1. The van der Waals surface area contributed by atoms with Crippen LogP contribution in [0.4, 0.5) is 17.4 Å². The number of nitrogens with two attached hydrogens (primary N) is 1. The predicted octanol–water partition coefficient (Wildman–Crippen LogP) is 3.14. The molecule has 0 aliphatic rings. The Morgan fingerprint density at radius 3 is 2.67 bits per heavy atom. The zero-order valence-electron chi connectivity index (χ0n) is 13.4. The Bertz CT molecular complexity index is 977. The number of halogens is 1. The van der Waals surface area contributed by atoms with E-state index in [9.17, 15) is 4.79 Å². The molecule has 0 spiro atoms. The second-order valence-corrected chi connectivity index (χ2v) is 6.40. The smallest absolute Gasteiger partial charge is 0.313 e. The Labute approximate surface area is 146 Å². The first-order valence-corrected chi connectivity index (χ1v) is 7.99. The van der Waals surface area contributed by atoms with Crippen molar-refractivity contribution in [3.63, 3.8) is 0 Å². The van der Waals surface area contributed by atoms with Crippen LogP contribution >= 0.6 is 15.9 Å². The fraction of sp³-hybridized carbons (Fsp3) is 0.188. The van der Waals surface area contributed by atoms with Crippen LogP contribution in [0, 0.1) is 13.8 Å². The highest BCUT2D eigenvalue weighted by molar-refractivity contribution is 9.10. The van der Waals surface area contributed by atoms with Crippen LogP contribution in [0.15, 0.2) is 38.1 Å². The first-order valence-electron chi connectivity index (χ1n) is 7.19. The van der Waals surface area contributed by atoms with Gasteiger partial charge in [0, 0.05) is 29.0 Å². The van der Waals surface area contributed by atoms with Crippen LogP contribution in [-0.4, -0.2) is 14.8 Å². The molecule has 0 saturated heterocycles. The quantitative estimate of drug-likeness (QED) is 0.713. The van der Waals surface area contributed by atoms with Crippen LogP contribution in [-0.2, 0) is 7.05 Å². The van der Waals surface area contributed by atoms with Gasteiger partial charge in [0.25, 0.3) is 11.4 Å². The van der Waals surface area contributed by atoms with Crippen LogP contribution in [0.5, 0.6) is 0 Å². The maximum atomic E-state index is 12.3. The van der Waals surface area contributed by atoms with Crippen LogP contribution in [0.2, 0.25) is 0 Å². The molecule has 0 fully saturated rings. The molecule has 8 heteroatoms. The number of aromatic nitrogens is 3. The highest BCUT2D eigenvalue weighted by Gasteiger charge is 2.18. The van der Waals surface area contributed by atoms with Gasteiger partial charge in [0.2, 0.25) is 0 Å². The Balaban J connectivity index is 2.18. The lowest BCUT2D eigenvalue weighted by atomic mass is 10.1. The molecule has 1 aromatic carbocycles. The lowest BCUT2D eigenvalue weighted by molar-refractivity contribution is 0.589. The van der Waals surface area contributed by atoms with Gasteiger partial charge < -0.3 is 20.0 Å². The molecule has 7 nitrogen and oxygen atoms in total. The molecule has 0 radical (unpaired) electrons. The maximum absolute atomic E-state index is 12.3. The highest BCUT2D eigenvalue weighted by Crippen LogP contribution is 2.32. The third-order valence-corrected chi connectivity index (χ3v) is 4.22. The summed E-state index contributed by atoms with van der Waals surface area (Å²) in [6.45, 7) is 3.73. The Hall–Kier alpha value is -2.61.